The van der Waals surface area contributed by atoms with Crippen molar-refractivity contribution in [2.24, 2.45) is 0 Å². The number of benzene rings is 1. The Hall–Kier alpha value is -3.30. The lowest BCUT2D eigenvalue weighted by molar-refractivity contribution is 0.0601. The van der Waals surface area contributed by atoms with E-state index < -0.39 is 17.8 Å². The van der Waals surface area contributed by atoms with E-state index in [0.717, 1.165) is 16.9 Å². The van der Waals surface area contributed by atoms with Crippen molar-refractivity contribution in [1.29, 1.82) is 0 Å². The zero-order valence-corrected chi connectivity index (χ0v) is 19.3. The van der Waals surface area contributed by atoms with E-state index in [0.29, 0.717) is 22.1 Å². The molecule has 0 aliphatic rings. The van der Waals surface area contributed by atoms with Crippen LogP contribution in [0.2, 0.25) is 5.02 Å². The molecule has 0 atom stereocenters. The van der Waals surface area contributed by atoms with Gasteiger partial charge in [-0.05, 0) is 55.3 Å². The van der Waals surface area contributed by atoms with Crippen LogP contribution >= 0.6 is 22.9 Å². The molecule has 3 aromatic rings. The van der Waals surface area contributed by atoms with Crippen molar-refractivity contribution < 1.29 is 33.0 Å². The lowest BCUT2D eigenvalue weighted by Gasteiger charge is -2.06. The zero-order valence-electron chi connectivity index (χ0n) is 17.7. The molecule has 0 fully saturated rings. The molecule has 0 aliphatic carbocycles. The highest BCUT2D eigenvalue weighted by Crippen LogP contribution is 2.34. The summed E-state index contributed by atoms with van der Waals surface area (Å²) in [5.41, 5.74) is 1.32. The fourth-order valence-electron chi connectivity index (χ4n) is 2.84. The van der Waals surface area contributed by atoms with Gasteiger partial charge < -0.3 is 23.9 Å². The second-order valence-corrected chi connectivity index (χ2v) is 8.09. The lowest BCUT2D eigenvalue weighted by Crippen LogP contribution is -2.13. The minimum Gasteiger partial charge on any atom is -0.486 e. The van der Waals surface area contributed by atoms with E-state index >= 15 is 0 Å². The molecule has 0 bridgehead atoms. The van der Waals surface area contributed by atoms with Gasteiger partial charge >= 0.3 is 11.9 Å². The third-order valence-corrected chi connectivity index (χ3v) is 6.14. The predicted molar refractivity (Wildman–Crippen MR) is 119 cm³/mol. The van der Waals surface area contributed by atoms with Gasteiger partial charge in [0.1, 0.15) is 28.0 Å². The highest BCUT2D eigenvalue weighted by molar-refractivity contribution is 7.18. The molecular weight excluding hydrogens is 458 g/mol. The average molecular weight is 478 g/mol. The number of aryl methyl sites for hydroxylation is 1. The van der Waals surface area contributed by atoms with Crippen molar-refractivity contribution in [2.45, 2.75) is 20.5 Å². The summed E-state index contributed by atoms with van der Waals surface area (Å²) in [4.78, 5) is 37.1. The molecule has 0 radical (unpaired) electrons. The summed E-state index contributed by atoms with van der Waals surface area (Å²) < 4.78 is 20.7. The molecule has 2 aromatic heterocycles. The van der Waals surface area contributed by atoms with Crippen molar-refractivity contribution in [3.05, 3.63) is 68.4 Å². The molecule has 8 nitrogen and oxygen atoms in total. The van der Waals surface area contributed by atoms with Crippen LogP contribution in [0.5, 0.6) is 5.75 Å². The molecule has 0 saturated heterocycles. The monoisotopic (exact) mass is 477 g/mol. The van der Waals surface area contributed by atoms with E-state index in [-0.39, 0.29) is 27.8 Å². The molecule has 0 spiro atoms. The van der Waals surface area contributed by atoms with E-state index in [1.807, 2.05) is 6.92 Å². The Morgan fingerprint density at radius 3 is 2.44 bits per heavy atom. The maximum atomic E-state index is 12.7. The van der Waals surface area contributed by atoms with Gasteiger partial charge in [-0.1, -0.05) is 11.6 Å². The third-order valence-electron chi connectivity index (χ3n) is 4.53. The second kappa shape index (κ2) is 9.88. The van der Waals surface area contributed by atoms with Gasteiger partial charge in [-0.15, -0.1) is 11.3 Å². The molecule has 1 aromatic carbocycles. The highest BCUT2D eigenvalue weighted by Gasteiger charge is 2.27. The van der Waals surface area contributed by atoms with E-state index in [1.165, 1.54) is 20.3 Å². The number of anilines is 1. The number of carbonyl (C=O) groups is 3. The van der Waals surface area contributed by atoms with Crippen LogP contribution in [0, 0.1) is 13.8 Å². The molecule has 0 aliphatic heterocycles. The summed E-state index contributed by atoms with van der Waals surface area (Å²) in [6.07, 6.45) is 0. The summed E-state index contributed by atoms with van der Waals surface area (Å²) in [7, 11) is 2.44. The highest BCUT2D eigenvalue weighted by atomic mass is 35.5. The topological polar surface area (TPSA) is 104 Å². The molecule has 1 N–H and O–H groups in total. The minimum atomic E-state index is -0.684. The smallest absolute Gasteiger partial charge is 0.348 e. The van der Waals surface area contributed by atoms with Crippen LogP contribution in [0.15, 0.2) is 34.7 Å². The number of hydrogen-bond donors (Lipinski definition) is 1. The van der Waals surface area contributed by atoms with Crippen molar-refractivity contribution in [2.75, 3.05) is 19.5 Å². The van der Waals surface area contributed by atoms with Crippen LogP contribution in [0.4, 0.5) is 5.00 Å². The SMILES string of the molecule is COC(=O)c1sc(NC(=O)c2ccc(COc3ccc(Cl)c(C)c3)o2)c(C(=O)OC)c1C. The number of ether oxygens (including phenoxy) is 3. The second-order valence-electron chi connectivity index (χ2n) is 6.66. The van der Waals surface area contributed by atoms with Gasteiger partial charge in [0.25, 0.3) is 5.91 Å². The van der Waals surface area contributed by atoms with Crippen molar-refractivity contribution in [1.82, 2.24) is 0 Å². The molecule has 3 rings (SSSR count). The van der Waals surface area contributed by atoms with Crippen LogP contribution in [0.1, 0.15) is 47.5 Å². The molecular formula is C22H20ClNO7S. The number of esters is 2. The van der Waals surface area contributed by atoms with Crippen LogP contribution in [0.3, 0.4) is 0 Å². The quantitative estimate of drug-likeness (QED) is 0.476. The molecule has 1 amide bonds. The van der Waals surface area contributed by atoms with Crippen molar-refractivity contribution in [3.63, 3.8) is 0 Å². The van der Waals surface area contributed by atoms with Crippen LogP contribution < -0.4 is 10.1 Å². The number of rotatable bonds is 7. The maximum Gasteiger partial charge on any atom is 0.348 e. The summed E-state index contributed by atoms with van der Waals surface area (Å²) >= 11 is 6.92. The molecule has 0 unspecified atom stereocenters. The van der Waals surface area contributed by atoms with E-state index in [2.05, 4.69) is 5.32 Å². The standard InChI is InChI=1S/C22H20ClNO7S/c1-11-9-13(5-7-15(11)23)30-10-14-6-8-16(31-14)19(25)24-20-17(21(26)28-3)12(2)18(32-20)22(27)29-4/h5-9H,10H2,1-4H3,(H,24,25). The summed E-state index contributed by atoms with van der Waals surface area (Å²) in [6, 6.07) is 8.36. The lowest BCUT2D eigenvalue weighted by atomic mass is 10.1. The van der Waals surface area contributed by atoms with Crippen molar-refractivity contribution >= 4 is 45.8 Å². The molecule has 10 heteroatoms. The van der Waals surface area contributed by atoms with Gasteiger partial charge in [0.05, 0.1) is 19.8 Å². The molecule has 168 valence electrons. The Bertz CT molecular complexity index is 1180. The molecule has 2 heterocycles. The van der Waals surface area contributed by atoms with Gasteiger partial charge in [0, 0.05) is 5.02 Å². The van der Waals surface area contributed by atoms with E-state index in [4.69, 9.17) is 30.2 Å². The molecule has 32 heavy (non-hydrogen) atoms. The Morgan fingerprint density at radius 2 is 1.78 bits per heavy atom. The number of carbonyl (C=O) groups excluding carboxylic acids is 3. The summed E-state index contributed by atoms with van der Waals surface area (Å²) in [5.74, 6) is -0.849. The van der Waals surface area contributed by atoms with E-state index in [1.54, 1.807) is 31.2 Å². The predicted octanol–water partition coefficient (Wildman–Crippen LogP) is 5.02. The van der Waals surface area contributed by atoms with Crippen LogP contribution in [-0.4, -0.2) is 32.1 Å². The fourth-order valence-corrected chi connectivity index (χ4v) is 4.07. The first-order valence-electron chi connectivity index (χ1n) is 9.34. The summed E-state index contributed by atoms with van der Waals surface area (Å²) in [6.45, 7) is 3.54. The van der Waals surface area contributed by atoms with Gasteiger partial charge in [-0.25, -0.2) is 9.59 Å². The fraction of sp³-hybridized carbons (Fsp3) is 0.227. The first-order valence-corrected chi connectivity index (χ1v) is 10.5. The van der Waals surface area contributed by atoms with E-state index in [9.17, 15) is 14.4 Å². The Balaban J connectivity index is 1.75. The number of nitrogens with one attached hydrogen (secondary N) is 1. The Morgan fingerprint density at radius 1 is 1.06 bits per heavy atom. The van der Waals surface area contributed by atoms with Crippen LogP contribution in [0.25, 0.3) is 0 Å². The van der Waals surface area contributed by atoms with Gasteiger partial charge in [0.2, 0.25) is 0 Å². The number of furan rings is 1. The van der Waals surface area contributed by atoms with Gasteiger partial charge in [-0.3, -0.25) is 4.79 Å². The largest absolute Gasteiger partial charge is 0.486 e. The average Bonchev–Trinajstić information content (AvgIpc) is 3.38. The number of thiophene rings is 1. The van der Waals surface area contributed by atoms with Crippen molar-refractivity contribution in [3.8, 4) is 5.75 Å². The Kier molecular flexibility index (Phi) is 7.22. The van der Waals surface area contributed by atoms with Crippen LogP contribution in [-0.2, 0) is 16.1 Å². The first-order chi connectivity index (χ1) is 15.2. The number of methoxy groups -OCH3 is 2. The number of amides is 1. The zero-order chi connectivity index (χ0) is 23.4. The summed E-state index contributed by atoms with van der Waals surface area (Å²) in [5, 5.41) is 3.40. The first kappa shape index (κ1) is 23.4. The number of halogens is 1. The minimum absolute atomic E-state index is 0.0115. The maximum absolute atomic E-state index is 12.7. The molecule has 0 saturated carbocycles. The van der Waals surface area contributed by atoms with Gasteiger partial charge in [0.15, 0.2) is 5.76 Å². The number of hydrogen-bond acceptors (Lipinski definition) is 8. The van der Waals surface area contributed by atoms with Gasteiger partial charge in [-0.2, -0.15) is 0 Å². The third kappa shape index (κ3) is 4.95. The normalized spacial score (nSPS) is 10.5. The Labute approximate surface area is 193 Å².